The lowest BCUT2D eigenvalue weighted by molar-refractivity contribution is -0.119. The Morgan fingerprint density at radius 1 is 1.45 bits per heavy atom. The fraction of sp³-hybridized carbons (Fsp3) is 0.786. The topological polar surface area (TPSA) is 75.3 Å². The Balaban J connectivity index is 1.72. The van der Waals surface area contributed by atoms with Gasteiger partial charge < -0.3 is 5.32 Å². The first kappa shape index (κ1) is 15.5. The Kier molecular flexibility index (Phi) is 4.25. The molecule has 2 bridgehead atoms. The Labute approximate surface area is 121 Å². The maximum absolute atomic E-state index is 11.5. The molecule has 3 aliphatic rings. The summed E-state index contributed by atoms with van der Waals surface area (Å²) in [5, 5.41) is 2.76. The molecule has 3 aliphatic carbocycles. The van der Waals surface area contributed by atoms with Crippen LogP contribution in [0.15, 0.2) is 11.6 Å². The molecule has 2 unspecified atom stereocenters. The number of carbonyl (C=O) groups is 1. The molecule has 0 aromatic rings. The van der Waals surface area contributed by atoms with Crippen molar-refractivity contribution in [3.05, 3.63) is 11.6 Å². The first-order valence-electron chi connectivity index (χ1n) is 7.10. The van der Waals surface area contributed by atoms with Crippen LogP contribution in [0.4, 0.5) is 0 Å². The van der Waals surface area contributed by atoms with E-state index in [0.717, 1.165) is 25.0 Å². The molecule has 0 radical (unpaired) electrons. The third-order valence-electron chi connectivity index (χ3n) is 4.81. The predicted octanol–water partition coefficient (Wildman–Crippen LogP) is 1.03. The van der Waals surface area contributed by atoms with Crippen molar-refractivity contribution in [1.29, 1.82) is 0 Å². The smallest absolute Gasteiger partial charge is 0.235 e. The summed E-state index contributed by atoms with van der Waals surface area (Å²) in [6.45, 7) is 5.04. The zero-order valence-electron chi connectivity index (χ0n) is 12.4. The molecule has 20 heavy (non-hydrogen) atoms. The highest BCUT2D eigenvalue weighted by Gasteiger charge is 2.50. The van der Waals surface area contributed by atoms with Crippen molar-refractivity contribution < 1.29 is 13.2 Å². The molecule has 6 heteroatoms. The lowest BCUT2D eigenvalue weighted by atomic mass is 9.48. The zero-order chi connectivity index (χ0) is 15.0. The summed E-state index contributed by atoms with van der Waals surface area (Å²) >= 11 is 0. The van der Waals surface area contributed by atoms with Crippen LogP contribution in [0, 0.1) is 17.3 Å². The highest BCUT2D eigenvalue weighted by molar-refractivity contribution is 7.88. The Hall–Kier alpha value is -0.880. The van der Waals surface area contributed by atoms with Crippen LogP contribution in [0.3, 0.4) is 0 Å². The summed E-state index contributed by atoms with van der Waals surface area (Å²) in [6.07, 6.45) is 6.67. The number of fused-ring (bicyclic) bond motifs is 1. The van der Waals surface area contributed by atoms with Gasteiger partial charge >= 0.3 is 0 Å². The lowest BCUT2D eigenvalue weighted by Gasteiger charge is -2.56. The van der Waals surface area contributed by atoms with Gasteiger partial charge in [0.2, 0.25) is 15.9 Å². The van der Waals surface area contributed by atoms with Gasteiger partial charge in [0.05, 0.1) is 12.8 Å². The summed E-state index contributed by atoms with van der Waals surface area (Å²) in [4.78, 5) is 11.5. The highest BCUT2D eigenvalue weighted by Crippen LogP contribution is 2.59. The van der Waals surface area contributed by atoms with Crippen LogP contribution in [0.25, 0.3) is 0 Å². The molecule has 0 aromatic carbocycles. The normalized spacial score (nSPS) is 27.4. The first-order chi connectivity index (χ1) is 9.20. The second-order valence-corrected chi connectivity index (χ2v) is 8.35. The van der Waals surface area contributed by atoms with E-state index in [0.29, 0.717) is 17.9 Å². The number of amides is 1. The zero-order valence-corrected chi connectivity index (χ0v) is 13.2. The monoisotopic (exact) mass is 300 g/mol. The molecule has 3 rings (SSSR count). The number of rotatable bonds is 6. The molecule has 0 saturated heterocycles. The molecule has 1 fully saturated rings. The quantitative estimate of drug-likeness (QED) is 0.720. The maximum atomic E-state index is 11.5. The van der Waals surface area contributed by atoms with Crippen molar-refractivity contribution >= 4 is 15.9 Å². The molecular weight excluding hydrogens is 276 g/mol. The van der Waals surface area contributed by atoms with Crippen molar-refractivity contribution in [2.75, 3.05) is 19.3 Å². The molecule has 114 valence electrons. The number of nitrogens with one attached hydrogen (secondary N) is 2. The van der Waals surface area contributed by atoms with Crippen LogP contribution in [-0.4, -0.2) is 33.7 Å². The summed E-state index contributed by atoms with van der Waals surface area (Å²) in [5.74, 6) is 1.20. The number of hydrogen-bond donors (Lipinski definition) is 2. The minimum Gasteiger partial charge on any atom is -0.355 e. The van der Waals surface area contributed by atoms with Gasteiger partial charge in [-0.15, -0.1) is 0 Å². The summed E-state index contributed by atoms with van der Waals surface area (Å²) in [5.41, 5.74) is 1.86. The molecule has 1 amide bonds. The van der Waals surface area contributed by atoms with E-state index < -0.39 is 10.0 Å². The number of hydrogen-bond acceptors (Lipinski definition) is 3. The number of allylic oxidation sites excluding steroid dienone is 1. The van der Waals surface area contributed by atoms with Gasteiger partial charge in [0, 0.05) is 6.54 Å². The van der Waals surface area contributed by atoms with Gasteiger partial charge in [-0.3, -0.25) is 4.79 Å². The third kappa shape index (κ3) is 3.41. The summed E-state index contributed by atoms with van der Waals surface area (Å²) in [6, 6.07) is 0. The van der Waals surface area contributed by atoms with E-state index in [1.165, 1.54) is 12.0 Å². The third-order valence-corrected chi connectivity index (χ3v) is 5.48. The molecule has 0 spiro atoms. The van der Waals surface area contributed by atoms with Gasteiger partial charge in [0.1, 0.15) is 0 Å². The fourth-order valence-electron chi connectivity index (χ4n) is 3.36. The minimum absolute atomic E-state index is 0.186. The van der Waals surface area contributed by atoms with Crippen LogP contribution in [0.2, 0.25) is 0 Å². The van der Waals surface area contributed by atoms with Gasteiger partial charge in [-0.1, -0.05) is 25.5 Å². The van der Waals surface area contributed by atoms with E-state index in [-0.39, 0.29) is 12.5 Å². The lowest BCUT2D eigenvalue weighted by Crippen LogP contribution is -2.48. The summed E-state index contributed by atoms with van der Waals surface area (Å²) < 4.78 is 23.9. The van der Waals surface area contributed by atoms with E-state index in [1.54, 1.807) is 0 Å². The van der Waals surface area contributed by atoms with E-state index >= 15 is 0 Å². The van der Waals surface area contributed by atoms with E-state index in [4.69, 9.17) is 0 Å². The van der Waals surface area contributed by atoms with Crippen LogP contribution >= 0.6 is 0 Å². The second kappa shape index (κ2) is 5.48. The molecule has 2 N–H and O–H groups in total. The number of carbonyl (C=O) groups excluding carboxylic acids is 1. The van der Waals surface area contributed by atoms with Crippen LogP contribution in [0.5, 0.6) is 0 Å². The van der Waals surface area contributed by atoms with E-state index in [9.17, 15) is 13.2 Å². The van der Waals surface area contributed by atoms with Gasteiger partial charge in [-0.2, -0.15) is 0 Å². The Morgan fingerprint density at radius 3 is 2.70 bits per heavy atom. The average Bonchev–Trinajstić information content (AvgIpc) is 2.35. The summed E-state index contributed by atoms with van der Waals surface area (Å²) in [7, 11) is -3.30. The van der Waals surface area contributed by atoms with Gasteiger partial charge in [-0.25, -0.2) is 13.1 Å². The Bertz CT molecular complexity index is 523. The maximum Gasteiger partial charge on any atom is 0.235 e. The van der Waals surface area contributed by atoms with Crippen molar-refractivity contribution in [3.63, 3.8) is 0 Å². The fourth-order valence-corrected chi connectivity index (χ4v) is 3.76. The molecular formula is C14H24N2O3S. The first-order valence-corrected chi connectivity index (χ1v) is 8.99. The highest BCUT2D eigenvalue weighted by atomic mass is 32.2. The number of sulfonamides is 1. The van der Waals surface area contributed by atoms with Crippen molar-refractivity contribution in [2.24, 2.45) is 17.3 Å². The van der Waals surface area contributed by atoms with Crippen LogP contribution in [0.1, 0.15) is 33.1 Å². The van der Waals surface area contributed by atoms with Gasteiger partial charge in [0.15, 0.2) is 0 Å². The van der Waals surface area contributed by atoms with Crippen molar-refractivity contribution in [2.45, 2.75) is 33.1 Å². The molecule has 0 heterocycles. The predicted molar refractivity (Wildman–Crippen MR) is 78.6 cm³/mol. The average molecular weight is 300 g/mol. The molecule has 0 aliphatic heterocycles. The Morgan fingerprint density at radius 2 is 2.15 bits per heavy atom. The minimum atomic E-state index is -3.30. The molecule has 1 saturated carbocycles. The van der Waals surface area contributed by atoms with Gasteiger partial charge in [0.25, 0.3) is 0 Å². The van der Waals surface area contributed by atoms with Crippen LogP contribution in [-0.2, 0) is 14.8 Å². The standard InChI is InChI=1S/C14H24N2O3S/c1-14(2)11-5-4-10(12(14)8-11)6-7-15-13(17)9-16-20(3,18)19/h4,11-12,16H,5-9H2,1-3H3,(H,15,17). The molecule has 0 aromatic heterocycles. The van der Waals surface area contributed by atoms with E-state index in [1.807, 2.05) is 0 Å². The van der Waals surface area contributed by atoms with Crippen LogP contribution < -0.4 is 10.0 Å². The molecule has 2 atom stereocenters. The van der Waals surface area contributed by atoms with Crippen molar-refractivity contribution in [1.82, 2.24) is 10.0 Å². The van der Waals surface area contributed by atoms with Crippen molar-refractivity contribution in [3.8, 4) is 0 Å². The van der Waals surface area contributed by atoms with Gasteiger partial charge in [-0.05, 0) is 36.5 Å². The molecule has 5 nitrogen and oxygen atoms in total. The van der Waals surface area contributed by atoms with E-state index in [2.05, 4.69) is 30.0 Å². The SMILES string of the molecule is CC1(C)C2CC=C(CCNC(=O)CNS(C)(=O)=O)C1C2. The largest absolute Gasteiger partial charge is 0.355 e. The second-order valence-electron chi connectivity index (χ2n) is 6.51.